The van der Waals surface area contributed by atoms with Gasteiger partial charge in [-0.05, 0) is 47.5 Å². The molecule has 24 heavy (non-hydrogen) atoms. The van der Waals surface area contributed by atoms with Crippen molar-refractivity contribution in [3.63, 3.8) is 0 Å². The molecule has 0 saturated carbocycles. The van der Waals surface area contributed by atoms with Gasteiger partial charge < -0.3 is 9.47 Å². The first-order valence-electron chi connectivity index (χ1n) is 7.81. The fourth-order valence-electron chi connectivity index (χ4n) is 2.53. The first-order chi connectivity index (χ1) is 11.7. The van der Waals surface area contributed by atoms with Gasteiger partial charge in [-0.25, -0.2) is 0 Å². The summed E-state index contributed by atoms with van der Waals surface area (Å²) in [5, 5.41) is 2.14. The summed E-state index contributed by atoms with van der Waals surface area (Å²) >= 11 is 0. The highest BCUT2D eigenvalue weighted by Crippen LogP contribution is 2.25. The number of fused-ring (bicyclic) bond motifs is 1. The molecule has 0 aliphatic carbocycles. The standard InChI is InChI=1S/C20H19NO3/c1-14(20(22)24-13-18-5-3-4-10-21-18)15-6-7-17-12-19(23-2)9-8-16(17)11-15/h3-12,14H,13H2,1-2H3. The van der Waals surface area contributed by atoms with Crippen molar-refractivity contribution in [1.82, 2.24) is 4.98 Å². The highest BCUT2D eigenvalue weighted by Gasteiger charge is 2.17. The lowest BCUT2D eigenvalue weighted by Gasteiger charge is -2.13. The molecule has 0 fully saturated rings. The van der Waals surface area contributed by atoms with Gasteiger partial charge in [0.1, 0.15) is 12.4 Å². The van der Waals surface area contributed by atoms with Gasteiger partial charge in [-0.15, -0.1) is 0 Å². The van der Waals surface area contributed by atoms with Crippen LogP contribution in [0.25, 0.3) is 10.8 Å². The third-order valence-electron chi connectivity index (χ3n) is 4.01. The summed E-state index contributed by atoms with van der Waals surface area (Å²) < 4.78 is 10.6. The van der Waals surface area contributed by atoms with E-state index in [0.717, 1.165) is 27.8 Å². The van der Waals surface area contributed by atoms with Crippen molar-refractivity contribution in [2.24, 2.45) is 0 Å². The molecule has 3 rings (SSSR count). The lowest BCUT2D eigenvalue weighted by Crippen LogP contribution is -2.13. The molecule has 0 spiro atoms. The average Bonchev–Trinajstić information content (AvgIpc) is 2.65. The second kappa shape index (κ2) is 7.13. The van der Waals surface area contributed by atoms with Crippen LogP contribution in [-0.4, -0.2) is 18.1 Å². The maximum Gasteiger partial charge on any atom is 0.313 e. The molecule has 2 aromatic carbocycles. The SMILES string of the molecule is COc1ccc2cc(C(C)C(=O)OCc3ccccn3)ccc2c1. The number of nitrogens with zero attached hydrogens (tertiary/aromatic N) is 1. The zero-order valence-electron chi connectivity index (χ0n) is 13.7. The van der Waals surface area contributed by atoms with Gasteiger partial charge in [-0.3, -0.25) is 9.78 Å². The van der Waals surface area contributed by atoms with Crippen LogP contribution >= 0.6 is 0 Å². The summed E-state index contributed by atoms with van der Waals surface area (Å²) in [7, 11) is 1.65. The van der Waals surface area contributed by atoms with Crippen LogP contribution < -0.4 is 4.74 Å². The topological polar surface area (TPSA) is 48.4 Å². The first kappa shape index (κ1) is 16.0. The van der Waals surface area contributed by atoms with E-state index in [1.54, 1.807) is 13.3 Å². The molecule has 4 nitrogen and oxygen atoms in total. The Bertz CT molecular complexity index is 846. The Balaban J connectivity index is 1.72. The summed E-state index contributed by atoms with van der Waals surface area (Å²) in [5.41, 5.74) is 1.67. The van der Waals surface area contributed by atoms with Crippen LogP contribution in [0.3, 0.4) is 0 Å². The fourth-order valence-corrected chi connectivity index (χ4v) is 2.53. The lowest BCUT2D eigenvalue weighted by molar-refractivity contribution is -0.146. The van der Waals surface area contributed by atoms with Crippen LogP contribution in [0.5, 0.6) is 5.75 Å². The molecule has 4 heteroatoms. The normalized spacial score (nSPS) is 11.9. The maximum absolute atomic E-state index is 12.3. The number of hydrogen-bond donors (Lipinski definition) is 0. The van der Waals surface area contributed by atoms with E-state index in [9.17, 15) is 4.79 Å². The summed E-state index contributed by atoms with van der Waals surface area (Å²) in [6.45, 7) is 2.04. The van der Waals surface area contributed by atoms with Crippen molar-refractivity contribution < 1.29 is 14.3 Å². The summed E-state index contributed by atoms with van der Waals surface area (Å²) in [6, 6.07) is 17.4. The van der Waals surface area contributed by atoms with Crippen molar-refractivity contribution >= 4 is 16.7 Å². The monoisotopic (exact) mass is 321 g/mol. The smallest absolute Gasteiger partial charge is 0.313 e. The maximum atomic E-state index is 12.3. The van der Waals surface area contributed by atoms with Crippen LogP contribution in [0.2, 0.25) is 0 Å². The van der Waals surface area contributed by atoms with Crippen LogP contribution in [0, 0.1) is 0 Å². The van der Waals surface area contributed by atoms with Crippen LogP contribution in [-0.2, 0) is 16.1 Å². The number of carbonyl (C=O) groups excluding carboxylic acids is 1. The lowest BCUT2D eigenvalue weighted by atomic mass is 9.98. The number of aromatic nitrogens is 1. The number of methoxy groups -OCH3 is 1. The van der Waals surface area contributed by atoms with Gasteiger partial charge in [0.25, 0.3) is 0 Å². The van der Waals surface area contributed by atoms with Crippen molar-refractivity contribution in [2.45, 2.75) is 19.4 Å². The first-order valence-corrected chi connectivity index (χ1v) is 7.81. The van der Waals surface area contributed by atoms with E-state index >= 15 is 0 Å². The summed E-state index contributed by atoms with van der Waals surface area (Å²) in [6.07, 6.45) is 1.68. The molecule has 0 N–H and O–H groups in total. The molecule has 0 amide bonds. The van der Waals surface area contributed by atoms with E-state index < -0.39 is 0 Å². The zero-order chi connectivity index (χ0) is 16.9. The van der Waals surface area contributed by atoms with Crippen LogP contribution in [0.15, 0.2) is 60.8 Å². The Labute approximate surface area is 141 Å². The van der Waals surface area contributed by atoms with E-state index in [0.29, 0.717) is 0 Å². The molecule has 1 atom stereocenters. The minimum Gasteiger partial charge on any atom is -0.497 e. The molecular weight excluding hydrogens is 302 g/mol. The van der Waals surface area contributed by atoms with Crippen molar-refractivity contribution in [3.05, 3.63) is 72.1 Å². The second-order valence-electron chi connectivity index (χ2n) is 5.62. The van der Waals surface area contributed by atoms with Crippen molar-refractivity contribution in [3.8, 4) is 5.75 Å². The van der Waals surface area contributed by atoms with Crippen molar-refractivity contribution in [1.29, 1.82) is 0 Å². The van der Waals surface area contributed by atoms with Gasteiger partial charge in [0, 0.05) is 6.20 Å². The summed E-state index contributed by atoms with van der Waals surface area (Å²) in [4.78, 5) is 16.4. The molecule has 3 aromatic rings. The largest absolute Gasteiger partial charge is 0.497 e. The molecule has 1 heterocycles. The third kappa shape index (κ3) is 3.54. The van der Waals surface area contributed by atoms with Gasteiger partial charge in [-0.1, -0.05) is 30.3 Å². The van der Waals surface area contributed by atoms with Gasteiger partial charge >= 0.3 is 5.97 Å². The molecule has 0 aliphatic rings. The number of ether oxygens (including phenoxy) is 2. The minimum absolute atomic E-state index is 0.189. The molecule has 0 saturated heterocycles. The Morgan fingerprint density at radius 1 is 1.08 bits per heavy atom. The van der Waals surface area contributed by atoms with E-state index in [-0.39, 0.29) is 18.5 Å². The second-order valence-corrected chi connectivity index (χ2v) is 5.62. The van der Waals surface area contributed by atoms with E-state index in [2.05, 4.69) is 4.98 Å². The van der Waals surface area contributed by atoms with E-state index in [1.807, 2.05) is 61.5 Å². The number of esters is 1. The molecular formula is C20H19NO3. The van der Waals surface area contributed by atoms with E-state index in [4.69, 9.17) is 9.47 Å². The van der Waals surface area contributed by atoms with Crippen molar-refractivity contribution in [2.75, 3.05) is 7.11 Å². The molecule has 0 radical (unpaired) electrons. The van der Waals surface area contributed by atoms with Gasteiger partial charge in [-0.2, -0.15) is 0 Å². The molecule has 122 valence electrons. The Hall–Kier alpha value is -2.88. The summed E-state index contributed by atoms with van der Waals surface area (Å²) in [5.74, 6) is 0.229. The number of hydrogen-bond acceptors (Lipinski definition) is 4. The average molecular weight is 321 g/mol. The molecule has 0 aliphatic heterocycles. The third-order valence-corrected chi connectivity index (χ3v) is 4.01. The number of benzene rings is 2. The highest BCUT2D eigenvalue weighted by atomic mass is 16.5. The Morgan fingerprint density at radius 2 is 1.88 bits per heavy atom. The molecule has 0 bridgehead atoms. The van der Waals surface area contributed by atoms with Crippen LogP contribution in [0.4, 0.5) is 0 Å². The minimum atomic E-state index is -0.333. The Kier molecular flexibility index (Phi) is 4.75. The van der Waals surface area contributed by atoms with E-state index in [1.165, 1.54) is 0 Å². The quantitative estimate of drug-likeness (QED) is 0.664. The van der Waals surface area contributed by atoms with Crippen LogP contribution in [0.1, 0.15) is 24.1 Å². The fraction of sp³-hybridized carbons (Fsp3) is 0.200. The highest BCUT2D eigenvalue weighted by molar-refractivity contribution is 5.86. The number of rotatable bonds is 5. The zero-order valence-corrected chi connectivity index (χ0v) is 13.7. The molecule has 1 unspecified atom stereocenters. The van der Waals surface area contributed by atoms with Gasteiger partial charge in [0.05, 0.1) is 18.7 Å². The van der Waals surface area contributed by atoms with Gasteiger partial charge in [0.2, 0.25) is 0 Å². The number of pyridine rings is 1. The molecule has 1 aromatic heterocycles. The number of carbonyl (C=O) groups is 1. The Morgan fingerprint density at radius 3 is 2.62 bits per heavy atom. The van der Waals surface area contributed by atoms with Gasteiger partial charge in [0.15, 0.2) is 0 Å². The predicted octanol–water partition coefficient (Wildman–Crippen LogP) is 4.09. The predicted molar refractivity (Wildman–Crippen MR) is 92.9 cm³/mol.